The Kier molecular flexibility index (Phi) is 5.65. The van der Waals surface area contributed by atoms with Gasteiger partial charge in [0.1, 0.15) is 11.5 Å². The van der Waals surface area contributed by atoms with Crippen LogP contribution < -0.4 is 10.2 Å². The highest BCUT2D eigenvalue weighted by Gasteiger charge is 2.24. The van der Waals surface area contributed by atoms with Crippen LogP contribution in [0.15, 0.2) is 18.5 Å². The second-order valence-electron chi connectivity index (χ2n) is 6.87. The molecule has 1 fully saturated rings. The fourth-order valence-electron chi connectivity index (χ4n) is 3.27. The van der Waals surface area contributed by atoms with Crippen LogP contribution in [0.4, 0.5) is 20.5 Å². The summed E-state index contributed by atoms with van der Waals surface area (Å²) in [5, 5.41) is 7.34. The minimum Gasteiger partial charge on any atom is -0.366 e. The molecule has 26 heavy (non-hydrogen) atoms. The van der Waals surface area contributed by atoms with E-state index in [0.29, 0.717) is 18.1 Å². The molecule has 0 bridgehead atoms. The number of hydrogen-bond donors (Lipinski definition) is 1. The van der Waals surface area contributed by atoms with E-state index in [4.69, 9.17) is 0 Å². The van der Waals surface area contributed by atoms with Gasteiger partial charge in [-0.1, -0.05) is 0 Å². The van der Waals surface area contributed by atoms with Gasteiger partial charge in [0.05, 0.1) is 0 Å². The van der Waals surface area contributed by atoms with Crippen LogP contribution in [0.25, 0.3) is 0 Å². The van der Waals surface area contributed by atoms with Crippen molar-refractivity contribution in [2.24, 2.45) is 7.05 Å². The van der Waals surface area contributed by atoms with Gasteiger partial charge in [0, 0.05) is 58.2 Å². The summed E-state index contributed by atoms with van der Waals surface area (Å²) in [4.78, 5) is 12.8. The van der Waals surface area contributed by atoms with E-state index in [0.717, 1.165) is 31.7 Å². The summed E-state index contributed by atoms with van der Waals surface area (Å²) >= 11 is 0. The first-order chi connectivity index (χ1) is 12.4. The Bertz CT molecular complexity index is 732. The van der Waals surface area contributed by atoms with E-state index < -0.39 is 6.43 Å². The van der Waals surface area contributed by atoms with Crippen LogP contribution in [-0.2, 0) is 13.6 Å². The number of anilines is 2. The van der Waals surface area contributed by atoms with E-state index in [1.807, 2.05) is 25.1 Å². The van der Waals surface area contributed by atoms with Gasteiger partial charge < -0.3 is 10.2 Å². The fourth-order valence-corrected chi connectivity index (χ4v) is 3.27. The lowest BCUT2D eigenvalue weighted by atomic mass is 10.0. The standard InChI is InChI=1S/C17H25F2N7/c1-24(2)17-20-7-6-14(22-17)21-13-5-4-8-26(11-13)10-12-9-25(3)23-15(12)16(18)19/h6-7,9,13,16H,4-5,8,10-11H2,1-3H3,(H,20,21,22). The van der Waals surface area contributed by atoms with Crippen LogP contribution in [0.5, 0.6) is 0 Å². The van der Waals surface area contributed by atoms with Gasteiger partial charge >= 0.3 is 0 Å². The quantitative estimate of drug-likeness (QED) is 0.848. The van der Waals surface area contributed by atoms with Crippen LogP contribution in [0.2, 0.25) is 0 Å². The molecule has 1 aliphatic heterocycles. The number of hydrogen-bond acceptors (Lipinski definition) is 6. The minimum absolute atomic E-state index is 0.117. The van der Waals surface area contributed by atoms with Gasteiger partial charge in [0.25, 0.3) is 6.43 Å². The molecule has 0 saturated carbocycles. The van der Waals surface area contributed by atoms with Gasteiger partial charge in [-0.15, -0.1) is 0 Å². The van der Waals surface area contributed by atoms with Crippen molar-refractivity contribution in [1.82, 2.24) is 24.6 Å². The maximum absolute atomic E-state index is 13.1. The predicted molar refractivity (Wildman–Crippen MR) is 96.4 cm³/mol. The Hall–Kier alpha value is -2.29. The lowest BCUT2D eigenvalue weighted by molar-refractivity contribution is 0.141. The third-order valence-corrected chi connectivity index (χ3v) is 4.44. The first kappa shape index (κ1) is 18.5. The van der Waals surface area contributed by atoms with Crippen LogP contribution in [0.3, 0.4) is 0 Å². The summed E-state index contributed by atoms with van der Waals surface area (Å²) in [6.07, 6.45) is 2.90. The second-order valence-corrected chi connectivity index (χ2v) is 6.87. The number of piperidine rings is 1. The highest BCUT2D eigenvalue weighted by Crippen LogP contribution is 2.24. The Morgan fingerprint density at radius 2 is 2.19 bits per heavy atom. The smallest absolute Gasteiger partial charge is 0.282 e. The van der Waals surface area contributed by atoms with E-state index in [-0.39, 0.29) is 11.7 Å². The number of rotatable bonds is 6. The molecule has 1 atom stereocenters. The summed E-state index contributed by atoms with van der Waals surface area (Å²) in [5.74, 6) is 1.43. The monoisotopic (exact) mass is 365 g/mol. The zero-order chi connectivity index (χ0) is 18.7. The summed E-state index contributed by atoms with van der Waals surface area (Å²) < 4.78 is 27.7. The number of nitrogens with one attached hydrogen (secondary N) is 1. The van der Waals surface area contributed by atoms with Gasteiger partial charge in [-0.3, -0.25) is 9.58 Å². The summed E-state index contributed by atoms with van der Waals surface area (Å²) in [5.41, 5.74) is 0.481. The molecule has 3 heterocycles. The normalized spacial score (nSPS) is 18.3. The van der Waals surface area contributed by atoms with Crippen LogP contribution in [0.1, 0.15) is 30.5 Å². The molecule has 2 aromatic rings. The topological polar surface area (TPSA) is 62.1 Å². The number of aromatic nitrogens is 4. The van der Waals surface area contributed by atoms with Crippen molar-refractivity contribution in [3.63, 3.8) is 0 Å². The van der Waals surface area contributed by atoms with Gasteiger partial charge in [-0.2, -0.15) is 10.1 Å². The zero-order valence-electron chi connectivity index (χ0n) is 15.4. The molecule has 0 aliphatic carbocycles. The highest BCUT2D eigenvalue weighted by molar-refractivity contribution is 5.41. The average Bonchev–Trinajstić information content (AvgIpc) is 2.96. The zero-order valence-corrected chi connectivity index (χ0v) is 15.4. The van der Waals surface area contributed by atoms with Crippen LogP contribution in [-0.4, -0.2) is 57.9 Å². The number of nitrogens with zero attached hydrogens (tertiary/aromatic N) is 6. The summed E-state index contributed by atoms with van der Waals surface area (Å²) in [6.45, 7) is 2.15. The average molecular weight is 365 g/mol. The van der Waals surface area contributed by atoms with Crippen LogP contribution >= 0.6 is 0 Å². The molecule has 1 aliphatic rings. The number of alkyl halides is 2. The second kappa shape index (κ2) is 7.94. The van der Waals surface area contributed by atoms with E-state index in [9.17, 15) is 8.78 Å². The third-order valence-electron chi connectivity index (χ3n) is 4.44. The predicted octanol–water partition coefficient (Wildman–Crippen LogP) is 2.29. The van der Waals surface area contributed by atoms with Crippen molar-refractivity contribution < 1.29 is 8.78 Å². The molecule has 0 radical (unpaired) electrons. The largest absolute Gasteiger partial charge is 0.366 e. The Morgan fingerprint density at radius 3 is 2.92 bits per heavy atom. The van der Waals surface area contributed by atoms with Crippen LogP contribution in [0, 0.1) is 0 Å². The molecule has 2 aromatic heterocycles. The molecule has 142 valence electrons. The Morgan fingerprint density at radius 1 is 1.38 bits per heavy atom. The molecular formula is C17H25F2N7. The molecule has 9 heteroatoms. The summed E-state index contributed by atoms with van der Waals surface area (Å²) in [7, 11) is 5.47. The van der Waals surface area contributed by atoms with Crippen molar-refractivity contribution in [3.05, 3.63) is 29.7 Å². The molecule has 0 amide bonds. The maximum atomic E-state index is 13.1. The fraction of sp³-hybridized carbons (Fsp3) is 0.588. The van der Waals surface area contributed by atoms with Crippen molar-refractivity contribution in [2.45, 2.75) is 31.9 Å². The van der Waals surface area contributed by atoms with Crippen molar-refractivity contribution in [1.29, 1.82) is 0 Å². The van der Waals surface area contributed by atoms with Crippen molar-refractivity contribution in [3.8, 4) is 0 Å². The lowest BCUT2D eigenvalue weighted by Gasteiger charge is -2.33. The molecule has 0 aromatic carbocycles. The molecule has 1 N–H and O–H groups in total. The van der Waals surface area contributed by atoms with Gasteiger partial charge in [0.15, 0.2) is 0 Å². The molecule has 1 saturated heterocycles. The van der Waals surface area contributed by atoms with Crippen molar-refractivity contribution in [2.75, 3.05) is 37.4 Å². The number of aryl methyl sites for hydroxylation is 1. The SMILES string of the molecule is CN(C)c1nccc(NC2CCCN(Cc3cn(C)nc3C(F)F)C2)n1. The van der Waals surface area contributed by atoms with E-state index in [1.54, 1.807) is 19.4 Å². The van der Waals surface area contributed by atoms with E-state index in [1.165, 1.54) is 4.68 Å². The Labute approximate surface area is 152 Å². The molecule has 0 spiro atoms. The minimum atomic E-state index is -2.55. The molecule has 3 rings (SSSR count). The first-order valence-electron chi connectivity index (χ1n) is 8.72. The Balaban J connectivity index is 1.64. The van der Waals surface area contributed by atoms with Crippen molar-refractivity contribution >= 4 is 11.8 Å². The summed E-state index contributed by atoms with van der Waals surface area (Å²) in [6, 6.07) is 2.07. The number of likely N-dealkylation sites (tertiary alicyclic amines) is 1. The number of halogens is 2. The van der Waals surface area contributed by atoms with Gasteiger partial charge in [-0.05, 0) is 25.5 Å². The molecule has 1 unspecified atom stereocenters. The third kappa shape index (κ3) is 4.46. The van der Waals surface area contributed by atoms with Gasteiger partial charge in [-0.25, -0.2) is 13.8 Å². The molecule has 7 nitrogen and oxygen atoms in total. The lowest BCUT2D eigenvalue weighted by Crippen LogP contribution is -2.41. The van der Waals surface area contributed by atoms with Gasteiger partial charge in [0.2, 0.25) is 5.95 Å². The maximum Gasteiger partial charge on any atom is 0.282 e. The molecular weight excluding hydrogens is 340 g/mol. The van der Waals surface area contributed by atoms with E-state index in [2.05, 4.69) is 25.3 Å². The first-order valence-corrected chi connectivity index (χ1v) is 8.72. The highest BCUT2D eigenvalue weighted by atomic mass is 19.3. The van der Waals surface area contributed by atoms with E-state index >= 15 is 0 Å².